The van der Waals surface area contributed by atoms with Gasteiger partial charge in [0.15, 0.2) is 0 Å². The summed E-state index contributed by atoms with van der Waals surface area (Å²) in [4.78, 5) is 2.89. The first-order valence-corrected chi connectivity index (χ1v) is 16.2. The lowest BCUT2D eigenvalue weighted by Crippen LogP contribution is -2.06. The standard InChI is InChI=1S/C17H22OS.C17H20OS/c2*1-18-15-9-8-14-11-16(19-17(14)12-15)10-7-13-5-3-2-4-6-13/h8-9,11-13H,2-7,10H2,1H3;7-13H,2-6H2,1H3. The van der Waals surface area contributed by atoms with Crippen LogP contribution in [0.15, 0.2) is 54.6 Å². The summed E-state index contributed by atoms with van der Waals surface area (Å²) in [7, 11) is 3.46. The van der Waals surface area contributed by atoms with Gasteiger partial charge in [0.05, 0.1) is 14.2 Å². The zero-order valence-electron chi connectivity index (χ0n) is 23.0. The van der Waals surface area contributed by atoms with E-state index in [1.807, 2.05) is 28.7 Å². The fourth-order valence-corrected chi connectivity index (χ4v) is 8.05. The lowest BCUT2D eigenvalue weighted by Gasteiger charge is -2.20. The van der Waals surface area contributed by atoms with Gasteiger partial charge in [0.2, 0.25) is 0 Å². The molecular weight excluding hydrogens is 505 g/mol. The second-order valence-electron chi connectivity index (χ2n) is 11.0. The SMILES string of the molecule is COc1ccc2cc(C=CC3CCCCC3)sc2c1.COc1ccc2cc(CCC3CCCCC3)sc2c1. The van der Waals surface area contributed by atoms with Crippen LogP contribution in [-0.2, 0) is 6.42 Å². The number of rotatable bonds is 7. The molecule has 0 N–H and O–H groups in total. The maximum absolute atomic E-state index is 5.29. The molecule has 0 radical (unpaired) electrons. The number of methoxy groups -OCH3 is 2. The second kappa shape index (κ2) is 13.7. The van der Waals surface area contributed by atoms with E-state index in [2.05, 4.69) is 54.6 Å². The number of ether oxygens (including phenoxy) is 2. The summed E-state index contributed by atoms with van der Waals surface area (Å²) in [6.45, 7) is 0. The van der Waals surface area contributed by atoms with Crippen molar-refractivity contribution in [1.82, 2.24) is 0 Å². The van der Waals surface area contributed by atoms with E-state index in [0.717, 1.165) is 23.3 Å². The van der Waals surface area contributed by atoms with Crippen molar-refractivity contribution in [3.8, 4) is 11.5 Å². The summed E-state index contributed by atoms with van der Waals surface area (Å²) in [6.07, 6.45) is 21.6. The highest BCUT2D eigenvalue weighted by Gasteiger charge is 2.14. The van der Waals surface area contributed by atoms with Gasteiger partial charge in [0.1, 0.15) is 11.5 Å². The van der Waals surface area contributed by atoms with Crippen molar-refractivity contribution in [3.05, 3.63) is 64.4 Å². The third kappa shape index (κ3) is 7.42. The smallest absolute Gasteiger partial charge is 0.120 e. The van der Waals surface area contributed by atoms with E-state index in [9.17, 15) is 0 Å². The average molecular weight is 547 g/mol. The van der Waals surface area contributed by atoms with Crippen LogP contribution in [0, 0.1) is 11.8 Å². The summed E-state index contributed by atoms with van der Waals surface area (Å²) in [5.74, 6) is 3.69. The first kappa shape index (κ1) is 27.3. The Morgan fingerprint density at radius 3 is 1.97 bits per heavy atom. The van der Waals surface area contributed by atoms with Crippen LogP contribution >= 0.6 is 22.7 Å². The molecule has 0 aliphatic heterocycles. The maximum Gasteiger partial charge on any atom is 0.120 e. The Morgan fingerprint density at radius 1 is 0.711 bits per heavy atom. The summed E-state index contributed by atoms with van der Waals surface area (Å²) < 4.78 is 13.2. The van der Waals surface area contributed by atoms with E-state index in [4.69, 9.17) is 9.47 Å². The molecule has 0 saturated heterocycles. The zero-order valence-corrected chi connectivity index (χ0v) is 24.7. The van der Waals surface area contributed by atoms with Crippen molar-refractivity contribution in [2.75, 3.05) is 14.2 Å². The first-order valence-electron chi connectivity index (χ1n) is 14.5. The number of allylic oxidation sites excluding steroid dienone is 1. The van der Waals surface area contributed by atoms with Crippen molar-refractivity contribution < 1.29 is 9.47 Å². The lowest BCUT2D eigenvalue weighted by atomic mass is 9.86. The number of thiophene rings is 2. The maximum atomic E-state index is 5.29. The minimum Gasteiger partial charge on any atom is -0.497 e. The van der Waals surface area contributed by atoms with Crippen LogP contribution in [0.3, 0.4) is 0 Å². The van der Waals surface area contributed by atoms with E-state index in [1.54, 1.807) is 14.2 Å². The van der Waals surface area contributed by atoms with Crippen LogP contribution in [-0.4, -0.2) is 14.2 Å². The predicted octanol–water partition coefficient (Wildman–Crippen LogP) is 10.9. The van der Waals surface area contributed by atoms with Gasteiger partial charge >= 0.3 is 0 Å². The third-order valence-corrected chi connectivity index (χ3v) is 10.5. The van der Waals surface area contributed by atoms with Crippen LogP contribution in [0.1, 0.15) is 80.4 Å². The molecule has 0 amide bonds. The molecule has 0 atom stereocenters. The molecular formula is C34H42O2S2. The van der Waals surface area contributed by atoms with Crippen LogP contribution in [0.4, 0.5) is 0 Å². The molecule has 2 heterocycles. The van der Waals surface area contributed by atoms with Gasteiger partial charge in [-0.15, -0.1) is 22.7 Å². The molecule has 202 valence electrons. The molecule has 2 aliphatic carbocycles. The highest BCUT2D eigenvalue weighted by molar-refractivity contribution is 7.20. The third-order valence-electron chi connectivity index (χ3n) is 8.23. The fraction of sp³-hybridized carbons (Fsp3) is 0.471. The average Bonchev–Trinajstić information content (AvgIpc) is 3.59. The molecule has 38 heavy (non-hydrogen) atoms. The van der Waals surface area contributed by atoms with E-state index < -0.39 is 0 Å². The number of aryl methyl sites for hydroxylation is 1. The van der Waals surface area contributed by atoms with Crippen molar-refractivity contribution in [3.63, 3.8) is 0 Å². The first-order chi connectivity index (χ1) is 18.7. The Bertz CT molecular complexity index is 1320. The van der Waals surface area contributed by atoms with Gasteiger partial charge < -0.3 is 9.47 Å². The van der Waals surface area contributed by atoms with Gasteiger partial charge in [-0.25, -0.2) is 0 Å². The molecule has 0 bridgehead atoms. The highest BCUT2D eigenvalue weighted by atomic mass is 32.1. The van der Waals surface area contributed by atoms with Gasteiger partial charge in [-0.2, -0.15) is 0 Å². The lowest BCUT2D eigenvalue weighted by molar-refractivity contribution is 0.340. The van der Waals surface area contributed by atoms with Crippen LogP contribution in [0.25, 0.3) is 26.2 Å². The Morgan fingerprint density at radius 2 is 1.32 bits per heavy atom. The van der Waals surface area contributed by atoms with Gasteiger partial charge in [-0.3, -0.25) is 0 Å². The minimum atomic E-state index is 0.800. The normalized spacial score (nSPS) is 17.1. The fourth-order valence-electron chi connectivity index (χ4n) is 5.94. The van der Waals surface area contributed by atoms with Crippen LogP contribution in [0.2, 0.25) is 0 Å². The summed E-state index contributed by atoms with van der Waals surface area (Å²) >= 11 is 3.78. The Labute approximate surface area is 236 Å². The number of fused-ring (bicyclic) bond motifs is 2. The molecule has 2 aromatic heterocycles. The van der Waals surface area contributed by atoms with Crippen LogP contribution < -0.4 is 9.47 Å². The molecule has 0 unspecified atom stereocenters. The van der Waals surface area contributed by atoms with Crippen molar-refractivity contribution in [1.29, 1.82) is 0 Å². The van der Waals surface area contributed by atoms with Crippen molar-refractivity contribution in [2.24, 2.45) is 11.8 Å². The molecule has 2 nitrogen and oxygen atoms in total. The van der Waals surface area contributed by atoms with Gasteiger partial charge in [-0.1, -0.05) is 57.4 Å². The number of benzene rings is 2. The molecule has 6 rings (SSSR count). The molecule has 4 aromatic rings. The molecule has 2 aliphatic rings. The summed E-state index contributed by atoms with van der Waals surface area (Å²) in [6, 6.07) is 17.3. The molecule has 4 heteroatoms. The van der Waals surface area contributed by atoms with Gasteiger partial charge in [0, 0.05) is 19.2 Å². The topological polar surface area (TPSA) is 18.5 Å². The Kier molecular flexibility index (Phi) is 9.81. The quantitative estimate of drug-likeness (QED) is 0.229. The Hall–Kier alpha value is -2.30. The summed E-state index contributed by atoms with van der Waals surface area (Å²) in [5, 5.41) is 2.68. The van der Waals surface area contributed by atoms with Crippen LogP contribution in [0.5, 0.6) is 11.5 Å². The summed E-state index contributed by atoms with van der Waals surface area (Å²) in [5.41, 5.74) is 0. The zero-order chi connectivity index (χ0) is 26.2. The Balaban J connectivity index is 0.000000155. The molecule has 2 aromatic carbocycles. The largest absolute Gasteiger partial charge is 0.497 e. The van der Waals surface area contributed by atoms with Crippen molar-refractivity contribution >= 4 is 48.9 Å². The van der Waals surface area contributed by atoms with Gasteiger partial charge in [0.25, 0.3) is 0 Å². The molecule has 2 saturated carbocycles. The van der Waals surface area contributed by atoms with Gasteiger partial charge in [-0.05, 0) is 103 Å². The predicted molar refractivity (Wildman–Crippen MR) is 167 cm³/mol. The molecule has 0 spiro atoms. The van der Waals surface area contributed by atoms with E-state index in [1.165, 1.54) is 107 Å². The van der Waals surface area contributed by atoms with E-state index in [-0.39, 0.29) is 0 Å². The molecule has 2 fully saturated rings. The number of hydrogen-bond acceptors (Lipinski definition) is 4. The van der Waals surface area contributed by atoms with Crippen molar-refractivity contribution in [2.45, 2.75) is 77.0 Å². The highest BCUT2D eigenvalue weighted by Crippen LogP contribution is 2.33. The monoisotopic (exact) mass is 546 g/mol. The number of hydrogen-bond donors (Lipinski definition) is 0. The van der Waals surface area contributed by atoms with E-state index >= 15 is 0 Å². The second-order valence-corrected chi connectivity index (χ2v) is 13.3. The van der Waals surface area contributed by atoms with E-state index in [0.29, 0.717) is 0 Å². The minimum absolute atomic E-state index is 0.800.